The summed E-state index contributed by atoms with van der Waals surface area (Å²) in [6, 6.07) is 4.26. The third kappa shape index (κ3) is 3.48. The van der Waals surface area contributed by atoms with Crippen molar-refractivity contribution in [2.45, 2.75) is 37.1 Å². The van der Waals surface area contributed by atoms with Gasteiger partial charge in [0.2, 0.25) is 6.43 Å². The molecule has 0 aliphatic heterocycles. The number of rotatable bonds is 5. The van der Waals surface area contributed by atoms with E-state index in [0.717, 1.165) is 0 Å². The molecule has 3 N–H and O–H groups in total. The van der Waals surface area contributed by atoms with Gasteiger partial charge in [0.05, 0.1) is 11.8 Å². The fourth-order valence-corrected chi connectivity index (χ4v) is 2.70. The average molecular weight is 371 g/mol. The Kier molecular flexibility index (Phi) is 5.52. The van der Waals surface area contributed by atoms with Gasteiger partial charge in [-0.1, -0.05) is 22.0 Å². The Labute approximate surface area is 130 Å². The summed E-state index contributed by atoms with van der Waals surface area (Å²) >= 11 is 3.27. The molecule has 2 rings (SSSR count). The number of aliphatic carboxylic acids is 1. The van der Waals surface area contributed by atoms with Gasteiger partial charge >= 0.3 is 5.97 Å². The van der Waals surface area contributed by atoms with Gasteiger partial charge < -0.3 is 10.8 Å². The lowest BCUT2D eigenvalue weighted by Crippen LogP contribution is -2.20. The number of carboxylic acids is 1. The fourth-order valence-electron chi connectivity index (χ4n) is 2.19. The molecule has 1 saturated carbocycles. The summed E-state index contributed by atoms with van der Waals surface area (Å²) in [4.78, 5) is 10.7. The van der Waals surface area contributed by atoms with Crippen LogP contribution in [0.2, 0.25) is 0 Å². The van der Waals surface area contributed by atoms with Gasteiger partial charge in [0.15, 0.2) is 0 Å². The quantitative estimate of drug-likeness (QED) is 0.832. The number of hydrogen-bond acceptors (Lipinski definition) is 2. The summed E-state index contributed by atoms with van der Waals surface area (Å²) in [6.07, 6.45) is -1.73. The van der Waals surface area contributed by atoms with Crippen LogP contribution in [0.1, 0.15) is 36.4 Å². The summed E-state index contributed by atoms with van der Waals surface area (Å²) in [5, 5.41) is 8.73. The van der Waals surface area contributed by atoms with Crippen molar-refractivity contribution in [2.24, 2.45) is 5.73 Å². The van der Waals surface area contributed by atoms with Crippen LogP contribution < -0.4 is 5.73 Å². The molecule has 0 radical (unpaired) electrons. The summed E-state index contributed by atoms with van der Waals surface area (Å²) in [5.41, 5.74) is 5.82. The van der Waals surface area contributed by atoms with E-state index in [-0.39, 0.29) is 18.8 Å². The molecular weight excluding hydrogens is 356 g/mol. The number of carbonyl (C=O) groups is 1. The van der Waals surface area contributed by atoms with Crippen LogP contribution in [-0.4, -0.2) is 17.5 Å². The molecular formula is C13H15BrClF2NO2. The molecule has 1 aromatic rings. The minimum absolute atomic E-state index is 0. The van der Waals surface area contributed by atoms with Crippen LogP contribution in [0, 0.1) is 0 Å². The zero-order valence-electron chi connectivity index (χ0n) is 10.5. The van der Waals surface area contributed by atoms with Crippen LogP contribution in [0.15, 0.2) is 22.7 Å². The average Bonchev–Trinajstić information content (AvgIpc) is 3.08. The molecule has 0 aromatic heterocycles. The highest BCUT2D eigenvalue weighted by molar-refractivity contribution is 9.10. The fraction of sp³-hybridized carbons (Fsp3) is 0.462. The third-order valence-corrected chi connectivity index (χ3v) is 3.98. The Balaban J connectivity index is 0.00000200. The predicted molar refractivity (Wildman–Crippen MR) is 77.5 cm³/mol. The molecule has 112 valence electrons. The van der Waals surface area contributed by atoms with Crippen molar-refractivity contribution in [3.8, 4) is 0 Å². The van der Waals surface area contributed by atoms with E-state index >= 15 is 0 Å². The van der Waals surface area contributed by atoms with Crippen molar-refractivity contribution >= 4 is 34.3 Å². The van der Waals surface area contributed by atoms with Crippen LogP contribution >= 0.6 is 28.3 Å². The zero-order chi connectivity index (χ0) is 14.2. The maximum absolute atomic E-state index is 13.1. The molecule has 1 fully saturated rings. The molecule has 3 nitrogen and oxygen atoms in total. The van der Waals surface area contributed by atoms with Gasteiger partial charge in [-0.2, -0.15) is 0 Å². The second kappa shape index (κ2) is 6.37. The third-order valence-electron chi connectivity index (χ3n) is 3.52. The molecule has 1 atom stereocenters. The number of alkyl halides is 2. The highest BCUT2D eigenvalue weighted by Gasteiger charge is 2.52. The molecule has 7 heteroatoms. The minimum Gasteiger partial charge on any atom is -0.481 e. The van der Waals surface area contributed by atoms with Crippen LogP contribution in [-0.2, 0) is 10.2 Å². The molecule has 1 unspecified atom stereocenters. The largest absolute Gasteiger partial charge is 0.481 e. The Morgan fingerprint density at radius 2 is 2.00 bits per heavy atom. The molecule has 1 aliphatic carbocycles. The number of carboxylic acid groups (broad SMARTS) is 1. The highest BCUT2D eigenvalue weighted by atomic mass is 79.9. The van der Waals surface area contributed by atoms with Crippen LogP contribution in [0.5, 0.6) is 0 Å². The maximum atomic E-state index is 13.1. The van der Waals surface area contributed by atoms with E-state index in [2.05, 4.69) is 15.9 Å². The Hall–Kier alpha value is -0.720. The second-order valence-corrected chi connectivity index (χ2v) is 5.85. The van der Waals surface area contributed by atoms with Gasteiger partial charge in [-0.25, -0.2) is 8.78 Å². The number of benzene rings is 1. The van der Waals surface area contributed by atoms with Crippen molar-refractivity contribution < 1.29 is 18.7 Å². The van der Waals surface area contributed by atoms with E-state index in [4.69, 9.17) is 10.8 Å². The molecule has 0 bridgehead atoms. The van der Waals surface area contributed by atoms with Crippen LogP contribution in [0.25, 0.3) is 0 Å². The van der Waals surface area contributed by atoms with E-state index in [1.54, 1.807) is 18.2 Å². The normalized spacial score (nSPS) is 17.4. The van der Waals surface area contributed by atoms with Crippen LogP contribution in [0.3, 0.4) is 0 Å². The summed E-state index contributed by atoms with van der Waals surface area (Å²) < 4.78 is 26.8. The van der Waals surface area contributed by atoms with Crippen molar-refractivity contribution in [2.75, 3.05) is 0 Å². The summed E-state index contributed by atoms with van der Waals surface area (Å²) in [6.45, 7) is 0. The lowest BCUT2D eigenvalue weighted by Gasteiger charge is -2.18. The van der Waals surface area contributed by atoms with Crippen molar-refractivity contribution in [1.29, 1.82) is 0 Å². The lowest BCUT2D eigenvalue weighted by atomic mass is 9.92. The first-order valence-corrected chi connectivity index (χ1v) is 6.71. The lowest BCUT2D eigenvalue weighted by molar-refractivity contribution is -0.137. The Morgan fingerprint density at radius 1 is 1.40 bits per heavy atom. The molecule has 0 heterocycles. The van der Waals surface area contributed by atoms with Crippen molar-refractivity contribution in [1.82, 2.24) is 0 Å². The number of hydrogen-bond donors (Lipinski definition) is 2. The maximum Gasteiger partial charge on any atom is 0.305 e. The SMILES string of the molecule is Cl.NC(CC(=O)O)c1cc(Br)cc(C2(C(F)F)CC2)c1. The van der Waals surface area contributed by atoms with Gasteiger partial charge in [-0.3, -0.25) is 4.79 Å². The Morgan fingerprint density at radius 3 is 2.45 bits per heavy atom. The standard InChI is InChI=1S/C13H14BrF2NO2.ClH/c14-9-4-7(10(17)6-11(18)19)3-8(5-9)13(1-2-13)12(15)16;/h3-5,10,12H,1-2,6,17H2,(H,18,19);1H. The predicted octanol–water partition coefficient (Wildman–Crippen LogP) is 3.64. The molecule has 1 aromatic carbocycles. The smallest absolute Gasteiger partial charge is 0.305 e. The summed E-state index contributed by atoms with van der Waals surface area (Å²) in [5.74, 6) is -1.01. The summed E-state index contributed by atoms with van der Waals surface area (Å²) in [7, 11) is 0. The molecule has 20 heavy (non-hydrogen) atoms. The van der Waals surface area contributed by atoms with E-state index in [1.807, 2.05) is 0 Å². The molecule has 0 saturated heterocycles. The van der Waals surface area contributed by atoms with Crippen molar-refractivity contribution in [3.05, 3.63) is 33.8 Å². The second-order valence-electron chi connectivity index (χ2n) is 4.93. The zero-order valence-corrected chi connectivity index (χ0v) is 12.9. The molecule has 0 spiro atoms. The number of halogens is 4. The van der Waals surface area contributed by atoms with Gasteiger partial charge in [0.25, 0.3) is 0 Å². The molecule has 0 amide bonds. The van der Waals surface area contributed by atoms with Gasteiger partial charge in [-0.15, -0.1) is 12.4 Å². The first-order chi connectivity index (χ1) is 8.85. The molecule has 1 aliphatic rings. The van der Waals surface area contributed by atoms with Gasteiger partial charge in [0.1, 0.15) is 0 Å². The highest BCUT2D eigenvalue weighted by Crippen LogP contribution is 2.53. The van der Waals surface area contributed by atoms with Crippen LogP contribution in [0.4, 0.5) is 8.78 Å². The van der Waals surface area contributed by atoms with E-state index in [0.29, 0.717) is 28.4 Å². The van der Waals surface area contributed by atoms with Crippen molar-refractivity contribution in [3.63, 3.8) is 0 Å². The first-order valence-electron chi connectivity index (χ1n) is 5.91. The van der Waals surface area contributed by atoms with E-state index in [9.17, 15) is 13.6 Å². The van der Waals surface area contributed by atoms with E-state index < -0.39 is 23.9 Å². The number of nitrogens with two attached hydrogens (primary N) is 1. The topological polar surface area (TPSA) is 63.3 Å². The minimum atomic E-state index is -2.41. The first kappa shape index (κ1) is 17.3. The monoisotopic (exact) mass is 369 g/mol. The van der Waals surface area contributed by atoms with E-state index in [1.165, 1.54) is 0 Å². The van der Waals surface area contributed by atoms with Gasteiger partial charge in [-0.05, 0) is 36.1 Å². The Bertz CT molecular complexity index is 509. The van der Waals surface area contributed by atoms with Gasteiger partial charge in [0, 0.05) is 10.5 Å².